The predicted octanol–water partition coefficient (Wildman–Crippen LogP) is 4.50. The molecule has 0 aliphatic rings. The summed E-state index contributed by atoms with van der Waals surface area (Å²) in [6, 6.07) is 17.6. The van der Waals surface area contributed by atoms with E-state index in [2.05, 4.69) is 14.5 Å². The molecule has 0 fully saturated rings. The lowest BCUT2D eigenvalue weighted by molar-refractivity contribution is 0.796. The van der Waals surface area contributed by atoms with Crippen LogP contribution < -0.4 is 0 Å². The van der Waals surface area contributed by atoms with E-state index in [9.17, 15) is 0 Å². The number of imidazole rings is 1. The number of hydrogen-bond acceptors (Lipinski definition) is 3. The third kappa shape index (κ3) is 2.76. The van der Waals surface area contributed by atoms with E-state index >= 15 is 0 Å². The monoisotopic (exact) mass is 334 g/mol. The summed E-state index contributed by atoms with van der Waals surface area (Å²) in [5.74, 6) is 0.866. The van der Waals surface area contributed by atoms with Gasteiger partial charge in [0.05, 0.1) is 12.2 Å². The van der Waals surface area contributed by atoms with Gasteiger partial charge in [0.1, 0.15) is 11.3 Å². The fraction of sp³-hybridized carbons (Fsp3) is 0.105. The summed E-state index contributed by atoms with van der Waals surface area (Å²) >= 11 is 6.02. The molecule has 0 atom stereocenters. The quantitative estimate of drug-likeness (QED) is 0.554. The van der Waals surface area contributed by atoms with Crippen molar-refractivity contribution >= 4 is 22.8 Å². The number of hydrogen-bond donors (Lipinski definition) is 0. The molecule has 1 aromatic carbocycles. The molecule has 4 nitrogen and oxygen atoms in total. The van der Waals surface area contributed by atoms with Crippen LogP contribution in [-0.4, -0.2) is 19.5 Å². The molecule has 3 heterocycles. The Hall–Kier alpha value is -2.72. The minimum absolute atomic E-state index is 0.617. The second-order valence-electron chi connectivity index (χ2n) is 5.64. The van der Waals surface area contributed by atoms with E-state index in [4.69, 9.17) is 16.6 Å². The molecular formula is C19H15ClN4. The molecule has 0 saturated heterocycles. The molecule has 0 spiro atoms. The van der Waals surface area contributed by atoms with Gasteiger partial charge in [-0.3, -0.25) is 4.98 Å². The molecule has 24 heavy (non-hydrogen) atoms. The Bertz CT molecular complexity index is 991. The van der Waals surface area contributed by atoms with Crippen LogP contribution in [0.25, 0.3) is 22.6 Å². The largest absolute Gasteiger partial charge is 0.303 e. The van der Waals surface area contributed by atoms with Gasteiger partial charge in [0.2, 0.25) is 0 Å². The normalized spacial score (nSPS) is 11.1. The van der Waals surface area contributed by atoms with Gasteiger partial charge in [-0.15, -0.1) is 0 Å². The molecule has 0 saturated carbocycles. The molecule has 3 aromatic heterocycles. The number of aryl methyl sites for hydroxylation is 1. The van der Waals surface area contributed by atoms with Crippen LogP contribution in [0.2, 0.25) is 5.02 Å². The lowest BCUT2D eigenvalue weighted by Gasteiger charge is -2.09. The molecule has 0 aliphatic carbocycles. The maximum atomic E-state index is 6.02. The van der Waals surface area contributed by atoms with E-state index in [1.165, 1.54) is 0 Å². The van der Waals surface area contributed by atoms with Gasteiger partial charge in [0, 0.05) is 22.5 Å². The third-order valence-corrected chi connectivity index (χ3v) is 4.13. The van der Waals surface area contributed by atoms with Gasteiger partial charge in [-0.25, -0.2) is 9.97 Å². The fourth-order valence-corrected chi connectivity index (χ4v) is 2.85. The lowest BCUT2D eigenvalue weighted by Crippen LogP contribution is -2.05. The lowest BCUT2D eigenvalue weighted by atomic mass is 10.2. The van der Waals surface area contributed by atoms with Crippen molar-refractivity contribution in [1.82, 2.24) is 19.5 Å². The summed E-state index contributed by atoms with van der Waals surface area (Å²) in [4.78, 5) is 13.9. The first-order chi connectivity index (χ1) is 11.7. The van der Waals surface area contributed by atoms with E-state index in [-0.39, 0.29) is 0 Å². The Balaban J connectivity index is 1.91. The second-order valence-corrected chi connectivity index (χ2v) is 6.08. The summed E-state index contributed by atoms with van der Waals surface area (Å²) in [6.07, 6.45) is 1.80. The zero-order valence-electron chi connectivity index (χ0n) is 13.1. The van der Waals surface area contributed by atoms with Crippen LogP contribution in [0.5, 0.6) is 0 Å². The van der Waals surface area contributed by atoms with Crippen molar-refractivity contribution in [3.63, 3.8) is 0 Å². The van der Waals surface area contributed by atoms with Crippen LogP contribution in [0.4, 0.5) is 0 Å². The number of fused-ring (bicyclic) bond motifs is 1. The van der Waals surface area contributed by atoms with Gasteiger partial charge in [-0.05, 0) is 55.5 Å². The van der Waals surface area contributed by atoms with Crippen molar-refractivity contribution in [3.05, 3.63) is 77.2 Å². The minimum atomic E-state index is 0.617. The van der Waals surface area contributed by atoms with Gasteiger partial charge >= 0.3 is 0 Å². The Kier molecular flexibility index (Phi) is 3.75. The van der Waals surface area contributed by atoms with Crippen molar-refractivity contribution in [1.29, 1.82) is 0 Å². The smallest absolute Gasteiger partial charge is 0.160 e. The van der Waals surface area contributed by atoms with E-state index < -0.39 is 0 Å². The summed E-state index contributed by atoms with van der Waals surface area (Å²) in [7, 11) is 0. The molecule has 0 radical (unpaired) electrons. The molecular weight excluding hydrogens is 320 g/mol. The zero-order valence-corrected chi connectivity index (χ0v) is 13.9. The average molecular weight is 335 g/mol. The van der Waals surface area contributed by atoms with E-state index in [1.54, 1.807) is 6.20 Å². The van der Waals surface area contributed by atoms with E-state index in [0.29, 0.717) is 11.6 Å². The molecule has 118 valence electrons. The number of rotatable bonds is 3. The Morgan fingerprint density at radius 2 is 1.79 bits per heavy atom. The molecule has 0 bridgehead atoms. The van der Waals surface area contributed by atoms with Crippen LogP contribution in [-0.2, 0) is 6.54 Å². The molecule has 0 aliphatic heterocycles. The number of pyridine rings is 2. The maximum absolute atomic E-state index is 6.02. The van der Waals surface area contributed by atoms with Crippen molar-refractivity contribution in [2.24, 2.45) is 0 Å². The van der Waals surface area contributed by atoms with Crippen molar-refractivity contribution in [2.45, 2.75) is 13.5 Å². The van der Waals surface area contributed by atoms with Gasteiger partial charge in [0.15, 0.2) is 5.65 Å². The highest BCUT2D eigenvalue weighted by Gasteiger charge is 2.14. The van der Waals surface area contributed by atoms with Crippen LogP contribution in [0.15, 0.2) is 60.8 Å². The predicted molar refractivity (Wildman–Crippen MR) is 96.1 cm³/mol. The first-order valence-corrected chi connectivity index (χ1v) is 8.08. The van der Waals surface area contributed by atoms with Gasteiger partial charge in [-0.1, -0.05) is 17.7 Å². The molecule has 0 unspecified atom stereocenters. The van der Waals surface area contributed by atoms with Crippen LogP contribution in [0.1, 0.15) is 11.4 Å². The Morgan fingerprint density at radius 1 is 0.958 bits per heavy atom. The van der Waals surface area contributed by atoms with Crippen LogP contribution in [0.3, 0.4) is 0 Å². The molecule has 5 heteroatoms. The Labute approximate surface area is 144 Å². The molecule has 0 N–H and O–H groups in total. The topological polar surface area (TPSA) is 43.6 Å². The number of benzene rings is 1. The molecule has 4 rings (SSSR count). The number of nitrogens with zero attached hydrogens (tertiary/aromatic N) is 4. The van der Waals surface area contributed by atoms with Crippen molar-refractivity contribution in [2.75, 3.05) is 0 Å². The Morgan fingerprint density at radius 3 is 2.54 bits per heavy atom. The number of halogens is 1. The summed E-state index contributed by atoms with van der Waals surface area (Å²) in [5, 5.41) is 0.708. The number of aromatic nitrogens is 4. The highest BCUT2D eigenvalue weighted by molar-refractivity contribution is 6.30. The molecule has 0 amide bonds. The second kappa shape index (κ2) is 6.06. The summed E-state index contributed by atoms with van der Waals surface area (Å²) < 4.78 is 2.11. The first kappa shape index (κ1) is 14.8. The average Bonchev–Trinajstić information content (AvgIpc) is 2.94. The summed E-state index contributed by atoms with van der Waals surface area (Å²) in [5.41, 5.74) is 4.68. The maximum Gasteiger partial charge on any atom is 0.160 e. The van der Waals surface area contributed by atoms with E-state index in [1.807, 2.05) is 61.5 Å². The minimum Gasteiger partial charge on any atom is -0.303 e. The standard InChI is InChI=1S/C19H15ClN4/c1-13-5-10-17-19(22-13)24(12-16-4-2-3-11-21-16)18(23-17)14-6-8-15(20)9-7-14/h2-11H,12H2,1H3. The summed E-state index contributed by atoms with van der Waals surface area (Å²) in [6.45, 7) is 2.60. The fourth-order valence-electron chi connectivity index (χ4n) is 2.72. The van der Waals surface area contributed by atoms with Gasteiger partial charge < -0.3 is 4.57 Å². The highest BCUT2D eigenvalue weighted by atomic mass is 35.5. The highest BCUT2D eigenvalue weighted by Crippen LogP contribution is 2.26. The third-order valence-electron chi connectivity index (χ3n) is 3.88. The van der Waals surface area contributed by atoms with E-state index in [0.717, 1.165) is 33.9 Å². The van der Waals surface area contributed by atoms with Crippen molar-refractivity contribution < 1.29 is 0 Å². The first-order valence-electron chi connectivity index (χ1n) is 7.70. The van der Waals surface area contributed by atoms with Crippen LogP contribution >= 0.6 is 11.6 Å². The zero-order chi connectivity index (χ0) is 16.5. The van der Waals surface area contributed by atoms with Gasteiger partial charge in [0.25, 0.3) is 0 Å². The van der Waals surface area contributed by atoms with Crippen molar-refractivity contribution in [3.8, 4) is 11.4 Å². The van der Waals surface area contributed by atoms with Gasteiger partial charge in [-0.2, -0.15) is 0 Å². The van der Waals surface area contributed by atoms with Crippen LogP contribution in [0, 0.1) is 6.92 Å². The molecule has 4 aromatic rings. The SMILES string of the molecule is Cc1ccc2nc(-c3ccc(Cl)cc3)n(Cc3ccccn3)c2n1.